The van der Waals surface area contributed by atoms with E-state index in [1.165, 1.54) is 12.1 Å². The van der Waals surface area contributed by atoms with Crippen molar-refractivity contribution >= 4 is 17.0 Å². The smallest absolute Gasteiger partial charge is 0.316 e. The van der Waals surface area contributed by atoms with Crippen LogP contribution in [-0.2, 0) is 16.6 Å². The number of nitrogens with zero attached hydrogens (tertiary/aromatic N) is 2. The molecule has 1 unspecified atom stereocenters. The summed E-state index contributed by atoms with van der Waals surface area (Å²) >= 11 is 0. The largest absolute Gasteiger partial charge is 0.465 e. The van der Waals surface area contributed by atoms with Gasteiger partial charge in [-0.2, -0.15) is 0 Å². The van der Waals surface area contributed by atoms with E-state index in [4.69, 9.17) is 4.74 Å². The molecular formula is C15H19FN2O2. The number of aryl methyl sites for hydroxylation is 1. The molecule has 1 aromatic heterocycles. The summed E-state index contributed by atoms with van der Waals surface area (Å²) in [4.78, 5) is 16.6. The standard InChI is InChI=1S/C15H19FN2O2/c1-5-20-15(19)13(9(2)3)14-17-11-8-10(16)6-7-12(11)18(14)4/h6-9,13H,5H2,1-4H3. The Morgan fingerprint density at radius 1 is 1.45 bits per heavy atom. The van der Waals surface area contributed by atoms with Gasteiger partial charge in [0.25, 0.3) is 0 Å². The topological polar surface area (TPSA) is 44.1 Å². The van der Waals surface area contributed by atoms with Gasteiger partial charge in [-0.05, 0) is 25.0 Å². The van der Waals surface area contributed by atoms with Crippen LogP contribution in [0.5, 0.6) is 0 Å². The summed E-state index contributed by atoms with van der Waals surface area (Å²) in [6.07, 6.45) is 0. The van der Waals surface area contributed by atoms with Crippen LogP contribution >= 0.6 is 0 Å². The van der Waals surface area contributed by atoms with Crippen LogP contribution in [0.2, 0.25) is 0 Å². The molecule has 2 rings (SSSR count). The number of halogens is 1. The molecule has 0 bridgehead atoms. The lowest BCUT2D eigenvalue weighted by Gasteiger charge is -2.18. The Bertz CT molecular complexity index is 634. The number of carbonyl (C=O) groups is 1. The molecule has 2 aromatic rings. The SMILES string of the molecule is CCOC(=O)C(c1nc2cc(F)ccc2n1C)C(C)C. The van der Waals surface area contributed by atoms with Gasteiger partial charge >= 0.3 is 5.97 Å². The summed E-state index contributed by atoms with van der Waals surface area (Å²) in [6.45, 7) is 6.00. The Morgan fingerprint density at radius 3 is 2.75 bits per heavy atom. The second kappa shape index (κ2) is 5.61. The molecular weight excluding hydrogens is 259 g/mol. The van der Waals surface area contributed by atoms with Crippen molar-refractivity contribution in [3.05, 3.63) is 29.8 Å². The average Bonchev–Trinajstić information content (AvgIpc) is 2.66. The zero-order chi connectivity index (χ0) is 14.9. The van der Waals surface area contributed by atoms with Gasteiger partial charge in [0.15, 0.2) is 0 Å². The highest BCUT2D eigenvalue weighted by Crippen LogP contribution is 2.28. The predicted octanol–water partition coefficient (Wildman–Crippen LogP) is 3.02. The molecule has 0 spiro atoms. The summed E-state index contributed by atoms with van der Waals surface area (Å²) in [5.41, 5.74) is 1.36. The Balaban J connectivity index is 2.53. The first-order valence-corrected chi connectivity index (χ1v) is 6.74. The molecule has 1 heterocycles. The van der Waals surface area contributed by atoms with Crippen molar-refractivity contribution in [2.45, 2.75) is 26.7 Å². The number of hydrogen-bond acceptors (Lipinski definition) is 3. The summed E-state index contributed by atoms with van der Waals surface area (Å²) in [6, 6.07) is 4.44. The number of esters is 1. The molecule has 0 saturated carbocycles. The lowest BCUT2D eigenvalue weighted by molar-refractivity contribution is -0.146. The molecule has 20 heavy (non-hydrogen) atoms. The van der Waals surface area contributed by atoms with Crippen LogP contribution in [0.15, 0.2) is 18.2 Å². The van der Waals surface area contributed by atoms with E-state index in [1.54, 1.807) is 13.0 Å². The minimum Gasteiger partial charge on any atom is -0.465 e. The minimum atomic E-state index is -0.449. The number of carbonyl (C=O) groups excluding carboxylic acids is 1. The second-order valence-electron chi connectivity index (χ2n) is 5.14. The first-order chi connectivity index (χ1) is 9.45. The number of benzene rings is 1. The summed E-state index contributed by atoms with van der Waals surface area (Å²) in [5, 5.41) is 0. The zero-order valence-electron chi connectivity index (χ0n) is 12.2. The highest BCUT2D eigenvalue weighted by Gasteiger charge is 2.30. The fraction of sp³-hybridized carbons (Fsp3) is 0.467. The molecule has 5 heteroatoms. The average molecular weight is 278 g/mol. The number of aromatic nitrogens is 2. The highest BCUT2D eigenvalue weighted by molar-refractivity contribution is 5.81. The van der Waals surface area contributed by atoms with Crippen molar-refractivity contribution in [2.24, 2.45) is 13.0 Å². The first-order valence-electron chi connectivity index (χ1n) is 6.74. The van der Waals surface area contributed by atoms with Crippen molar-refractivity contribution in [1.29, 1.82) is 0 Å². The maximum atomic E-state index is 13.3. The van der Waals surface area contributed by atoms with Crippen molar-refractivity contribution in [2.75, 3.05) is 6.61 Å². The Hall–Kier alpha value is -1.91. The van der Waals surface area contributed by atoms with E-state index < -0.39 is 5.92 Å². The van der Waals surface area contributed by atoms with Crippen molar-refractivity contribution < 1.29 is 13.9 Å². The van der Waals surface area contributed by atoms with Crippen LogP contribution < -0.4 is 0 Å². The Morgan fingerprint density at radius 2 is 2.15 bits per heavy atom. The van der Waals surface area contributed by atoms with Gasteiger partial charge in [-0.1, -0.05) is 13.8 Å². The molecule has 1 atom stereocenters. The van der Waals surface area contributed by atoms with E-state index in [0.29, 0.717) is 17.9 Å². The van der Waals surface area contributed by atoms with Crippen LogP contribution in [0.3, 0.4) is 0 Å². The molecule has 0 radical (unpaired) electrons. The van der Waals surface area contributed by atoms with Gasteiger partial charge in [0, 0.05) is 13.1 Å². The molecule has 0 aliphatic carbocycles. The van der Waals surface area contributed by atoms with Gasteiger partial charge < -0.3 is 9.30 Å². The van der Waals surface area contributed by atoms with E-state index >= 15 is 0 Å². The van der Waals surface area contributed by atoms with Crippen LogP contribution in [0.4, 0.5) is 4.39 Å². The lowest BCUT2D eigenvalue weighted by atomic mass is 9.95. The molecule has 108 valence electrons. The fourth-order valence-corrected chi connectivity index (χ4v) is 2.38. The van der Waals surface area contributed by atoms with Crippen LogP contribution in [-0.4, -0.2) is 22.1 Å². The number of imidazole rings is 1. The second-order valence-corrected chi connectivity index (χ2v) is 5.14. The normalized spacial score (nSPS) is 12.9. The third-order valence-electron chi connectivity index (χ3n) is 3.36. The van der Waals surface area contributed by atoms with Crippen LogP contribution in [0.1, 0.15) is 32.5 Å². The van der Waals surface area contributed by atoms with Gasteiger partial charge in [-0.15, -0.1) is 0 Å². The lowest BCUT2D eigenvalue weighted by Crippen LogP contribution is -2.23. The molecule has 0 amide bonds. The summed E-state index contributed by atoms with van der Waals surface area (Å²) in [7, 11) is 1.83. The molecule has 0 aliphatic heterocycles. The van der Waals surface area contributed by atoms with E-state index in [0.717, 1.165) is 5.52 Å². The quantitative estimate of drug-likeness (QED) is 0.807. The van der Waals surface area contributed by atoms with E-state index in [-0.39, 0.29) is 17.7 Å². The van der Waals surface area contributed by atoms with Gasteiger partial charge in [0.05, 0.1) is 17.6 Å². The molecule has 0 N–H and O–H groups in total. The van der Waals surface area contributed by atoms with Crippen molar-refractivity contribution in [3.63, 3.8) is 0 Å². The van der Waals surface area contributed by atoms with E-state index in [1.807, 2.05) is 25.5 Å². The maximum absolute atomic E-state index is 13.3. The van der Waals surface area contributed by atoms with Crippen LogP contribution in [0, 0.1) is 11.7 Å². The predicted molar refractivity (Wildman–Crippen MR) is 74.9 cm³/mol. The minimum absolute atomic E-state index is 0.0504. The highest BCUT2D eigenvalue weighted by atomic mass is 19.1. The number of fused-ring (bicyclic) bond motifs is 1. The Labute approximate surface area is 117 Å². The van der Waals surface area contributed by atoms with E-state index in [2.05, 4.69) is 4.98 Å². The van der Waals surface area contributed by atoms with Gasteiger partial charge in [-0.25, -0.2) is 9.37 Å². The molecule has 4 nitrogen and oxygen atoms in total. The third kappa shape index (κ3) is 2.53. The third-order valence-corrected chi connectivity index (χ3v) is 3.36. The Kier molecular flexibility index (Phi) is 4.06. The van der Waals surface area contributed by atoms with Gasteiger partial charge in [-0.3, -0.25) is 4.79 Å². The van der Waals surface area contributed by atoms with E-state index in [9.17, 15) is 9.18 Å². The van der Waals surface area contributed by atoms with Crippen LogP contribution in [0.25, 0.3) is 11.0 Å². The summed E-state index contributed by atoms with van der Waals surface area (Å²) in [5.74, 6) is -0.412. The summed E-state index contributed by atoms with van der Waals surface area (Å²) < 4.78 is 20.2. The molecule has 0 fully saturated rings. The molecule has 0 saturated heterocycles. The number of hydrogen-bond donors (Lipinski definition) is 0. The number of rotatable bonds is 4. The van der Waals surface area contributed by atoms with Gasteiger partial charge in [0.1, 0.15) is 17.6 Å². The molecule has 0 aliphatic rings. The van der Waals surface area contributed by atoms with Crippen molar-refractivity contribution in [3.8, 4) is 0 Å². The first kappa shape index (κ1) is 14.5. The van der Waals surface area contributed by atoms with Gasteiger partial charge in [0.2, 0.25) is 0 Å². The monoisotopic (exact) mass is 278 g/mol. The zero-order valence-corrected chi connectivity index (χ0v) is 12.2. The fourth-order valence-electron chi connectivity index (χ4n) is 2.38. The maximum Gasteiger partial charge on any atom is 0.316 e. The molecule has 1 aromatic carbocycles. The number of ether oxygens (including phenoxy) is 1. The van der Waals surface area contributed by atoms with Crippen molar-refractivity contribution in [1.82, 2.24) is 9.55 Å².